The Balaban J connectivity index is 1.38. The number of amides is 1. The van der Waals surface area contributed by atoms with Gasteiger partial charge in [0.05, 0.1) is 10.6 Å². The van der Waals surface area contributed by atoms with Crippen LogP contribution in [-0.2, 0) is 22.1 Å². The van der Waals surface area contributed by atoms with Crippen molar-refractivity contribution in [3.63, 3.8) is 0 Å². The van der Waals surface area contributed by atoms with Crippen molar-refractivity contribution in [1.29, 1.82) is 0 Å². The highest BCUT2D eigenvalue weighted by Gasteiger charge is 2.62. The summed E-state index contributed by atoms with van der Waals surface area (Å²) >= 11 is 5.71. The molecule has 3 atom stereocenters. The predicted octanol–water partition coefficient (Wildman–Crippen LogP) is 6.71. The average Bonchev–Trinajstić information content (AvgIpc) is 3.13. The first-order valence-electron chi connectivity index (χ1n) is 12.1. The van der Waals surface area contributed by atoms with Gasteiger partial charge in [0.15, 0.2) is 0 Å². The van der Waals surface area contributed by atoms with Crippen molar-refractivity contribution in [3.05, 3.63) is 52.0 Å². The lowest BCUT2D eigenvalue weighted by atomic mass is 9.70. The van der Waals surface area contributed by atoms with Crippen LogP contribution < -0.4 is 5.32 Å². The average molecular weight is 540 g/mol. The molecule has 6 nitrogen and oxygen atoms in total. The number of halogens is 4. The molecule has 0 aromatic heterocycles. The van der Waals surface area contributed by atoms with Crippen LogP contribution in [0, 0.1) is 16.7 Å². The number of hydrogen-bond acceptors (Lipinski definition) is 5. The largest absolute Gasteiger partial charge is 0.507 e. The number of benzene rings is 2. The fourth-order valence-electron chi connectivity index (χ4n) is 5.77. The predicted molar refractivity (Wildman–Crippen MR) is 132 cm³/mol. The van der Waals surface area contributed by atoms with Crippen molar-refractivity contribution in [2.24, 2.45) is 16.7 Å². The Morgan fingerprint density at radius 2 is 1.86 bits per heavy atom. The summed E-state index contributed by atoms with van der Waals surface area (Å²) in [5.74, 6) is -1.61. The molecule has 2 fully saturated rings. The van der Waals surface area contributed by atoms with Gasteiger partial charge in [-0.05, 0) is 66.8 Å². The summed E-state index contributed by atoms with van der Waals surface area (Å²) in [7, 11) is 0. The fraction of sp³-hybridized carbons (Fsp3) is 0.481. The summed E-state index contributed by atoms with van der Waals surface area (Å²) in [4.78, 5) is 25.2. The smallest absolute Gasteiger partial charge is 0.416 e. The van der Waals surface area contributed by atoms with Gasteiger partial charge in [0, 0.05) is 23.6 Å². The molecule has 2 aromatic carbocycles. The highest BCUT2D eigenvalue weighted by atomic mass is 35.5. The summed E-state index contributed by atoms with van der Waals surface area (Å²) in [5.41, 5.74) is -1.04. The summed E-state index contributed by atoms with van der Waals surface area (Å²) in [6.45, 7) is 6.55. The van der Waals surface area contributed by atoms with Gasteiger partial charge in [-0.2, -0.15) is 13.2 Å². The molecule has 0 saturated heterocycles. The molecule has 3 N–H and O–H groups in total. The van der Waals surface area contributed by atoms with Crippen LogP contribution in [0.2, 0.25) is 5.02 Å². The van der Waals surface area contributed by atoms with E-state index in [-0.39, 0.29) is 52.3 Å². The molecular formula is C27H29ClF3NO5. The van der Waals surface area contributed by atoms with E-state index in [0.717, 1.165) is 25.3 Å². The van der Waals surface area contributed by atoms with Crippen molar-refractivity contribution < 1.29 is 37.7 Å². The van der Waals surface area contributed by atoms with Crippen molar-refractivity contribution in [2.45, 2.75) is 65.2 Å². The number of fused-ring (bicyclic) bond motifs is 2. The Labute approximate surface area is 217 Å². The molecule has 2 aliphatic carbocycles. The maximum Gasteiger partial charge on any atom is 0.416 e. The van der Waals surface area contributed by atoms with Crippen LogP contribution in [0.25, 0.3) is 0 Å². The van der Waals surface area contributed by atoms with Crippen molar-refractivity contribution in [2.75, 3.05) is 5.32 Å². The number of phenols is 2. The Kier molecular flexibility index (Phi) is 6.90. The second-order valence-electron chi connectivity index (χ2n) is 10.7. The minimum atomic E-state index is -4.65. The van der Waals surface area contributed by atoms with Gasteiger partial charge in [0.2, 0.25) is 5.91 Å². The molecule has 2 saturated carbocycles. The number of aromatic hydroxyl groups is 2. The Morgan fingerprint density at radius 1 is 1.16 bits per heavy atom. The number of phenolic OH excluding ortho intramolecular Hbond substituents is 2. The molecule has 0 radical (unpaired) electrons. The fourth-order valence-corrected chi connectivity index (χ4v) is 6.00. The third kappa shape index (κ3) is 4.98. The van der Waals surface area contributed by atoms with E-state index in [1.54, 1.807) is 0 Å². The van der Waals surface area contributed by atoms with Crippen molar-refractivity contribution >= 4 is 29.2 Å². The number of anilines is 1. The first-order chi connectivity index (χ1) is 17.1. The van der Waals surface area contributed by atoms with Crippen molar-refractivity contribution in [1.82, 2.24) is 0 Å². The molecule has 0 aliphatic heterocycles. The van der Waals surface area contributed by atoms with E-state index in [2.05, 4.69) is 26.1 Å². The van der Waals surface area contributed by atoms with Gasteiger partial charge in [-0.15, -0.1) is 0 Å². The van der Waals surface area contributed by atoms with Gasteiger partial charge >= 0.3 is 12.1 Å². The maximum absolute atomic E-state index is 13.0. The van der Waals surface area contributed by atoms with Gasteiger partial charge in [-0.25, -0.2) is 4.79 Å². The van der Waals surface area contributed by atoms with Crippen LogP contribution in [-0.4, -0.2) is 28.2 Å². The van der Waals surface area contributed by atoms with Gasteiger partial charge in [0.1, 0.15) is 23.2 Å². The summed E-state index contributed by atoms with van der Waals surface area (Å²) in [6, 6.07) is 5.36. The third-order valence-electron chi connectivity index (χ3n) is 8.56. The summed E-state index contributed by atoms with van der Waals surface area (Å²) in [5, 5.41) is 22.5. The summed E-state index contributed by atoms with van der Waals surface area (Å²) in [6.07, 6.45) is -2.48. The normalized spacial score (nSPS) is 24.2. The van der Waals surface area contributed by atoms with E-state index in [1.807, 2.05) is 0 Å². The van der Waals surface area contributed by atoms with E-state index >= 15 is 0 Å². The van der Waals surface area contributed by atoms with Crippen molar-refractivity contribution in [3.8, 4) is 11.5 Å². The molecule has 200 valence electrons. The third-order valence-corrected chi connectivity index (χ3v) is 8.84. The minimum Gasteiger partial charge on any atom is -0.507 e. The SMILES string of the molecule is CC1(C)C2CCC1(C)C(OC(=O)c1ccc(NC(=O)CCc3cc(C(F)(F)F)cc(Cl)c3O)cc1O)C2. The molecule has 37 heavy (non-hydrogen) atoms. The monoisotopic (exact) mass is 539 g/mol. The Morgan fingerprint density at radius 3 is 2.43 bits per heavy atom. The number of hydrogen-bond donors (Lipinski definition) is 3. The second-order valence-corrected chi connectivity index (χ2v) is 11.2. The van der Waals surface area contributed by atoms with Crippen LogP contribution in [0.4, 0.5) is 18.9 Å². The number of carbonyl (C=O) groups excluding carboxylic acids is 2. The molecule has 4 rings (SSSR count). The lowest BCUT2D eigenvalue weighted by Crippen LogP contribution is -2.38. The number of alkyl halides is 3. The number of ether oxygens (including phenoxy) is 1. The van der Waals surface area contributed by atoms with Crippen LogP contribution in [0.5, 0.6) is 11.5 Å². The Hall–Kier alpha value is -2.94. The van der Waals surface area contributed by atoms with Gasteiger partial charge < -0.3 is 20.3 Å². The topological polar surface area (TPSA) is 95.9 Å². The van der Waals surface area contributed by atoms with E-state index in [1.165, 1.54) is 18.2 Å². The molecule has 10 heteroatoms. The molecule has 2 aromatic rings. The summed E-state index contributed by atoms with van der Waals surface area (Å²) < 4.78 is 44.9. The molecular weight excluding hydrogens is 511 g/mol. The first kappa shape index (κ1) is 27.1. The van der Waals surface area contributed by atoms with Crippen LogP contribution in [0.3, 0.4) is 0 Å². The second kappa shape index (κ2) is 9.42. The van der Waals surface area contributed by atoms with Crippen LogP contribution >= 0.6 is 11.6 Å². The van der Waals surface area contributed by atoms with E-state index in [4.69, 9.17) is 16.3 Å². The number of carbonyl (C=O) groups is 2. The zero-order chi connectivity index (χ0) is 27.3. The molecule has 0 heterocycles. The van der Waals surface area contributed by atoms with Crippen LogP contribution in [0.15, 0.2) is 30.3 Å². The number of esters is 1. The lowest BCUT2D eigenvalue weighted by molar-refractivity contribution is -0.137. The number of rotatable bonds is 6. The molecule has 0 spiro atoms. The van der Waals surface area contributed by atoms with Crippen LogP contribution in [0.1, 0.15) is 67.9 Å². The van der Waals surface area contributed by atoms with Gasteiger partial charge in [0.25, 0.3) is 0 Å². The molecule has 2 bridgehead atoms. The molecule has 1 amide bonds. The number of nitrogens with one attached hydrogen (secondary N) is 1. The molecule has 3 unspecified atom stereocenters. The first-order valence-corrected chi connectivity index (χ1v) is 12.4. The zero-order valence-electron chi connectivity index (χ0n) is 20.7. The zero-order valence-corrected chi connectivity index (χ0v) is 21.5. The Bertz CT molecular complexity index is 1250. The molecule has 2 aliphatic rings. The highest BCUT2D eigenvalue weighted by molar-refractivity contribution is 6.32. The standard InChI is InChI=1S/C27H29ClF3NO5/c1-25(2)15-8-9-26(25,3)21(12-15)37-24(36)18-6-5-17(13-20(18)33)32-22(34)7-4-14-10-16(27(29,30)31)11-19(28)23(14)35/h5-6,10-11,13,15,21,33,35H,4,7-9,12H2,1-3H3,(H,32,34). The maximum atomic E-state index is 13.0. The van der Waals surface area contributed by atoms with E-state index in [0.29, 0.717) is 12.0 Å². The van der Waals surface area contributed by atoms with Gasteiger partial charge in [-0.1, -0.05) is 32.4 Å². The number of aryl methyl sites for hydroxylation is 1. The quantitative estimate of drug-likeness (QED) is 0.354. The highest BCUT2D eigenvalue weighted by Crippen LogP contribution is 2.66. The van der Waals surface area contributed by atoms with Gasteiger partial charge in [-0.3, -0.25) is 4.79 Å². The minimum absolute atomic E-state index is 0.0225. The van der Waals surface area contributed by atoms with E-state index in [9.17, 15) is 33.0 Å². The van der Waals surface area contributed by atoms with E-state index < -0.39 is 34.4 Å². The lowest BCUT2D eigenvalue weighted by Gasteiger charge is -2.38.